The second kappa shape index (κ2) is 9.39. The number of carbonyl (C=O) groups excluding carboxylic acids is 1. The molecule has 0 aliphatic carbocycles. The van der Waals surface area contributed by atoms with Crippen LogP contribution in [0.25, 0.3) is 0 Å². The zero-order valence-electron chi connectivity index (χ0n) is 18.1. The summed E-state index contributed by atoms with van der Waals surface area (Å²) >= 11 is 0. The summed E-state index contributed by atoms with van der Waals surface area (Å²) in [4.78, 5) is 12.8. The molecule has 0 radical (unpaired) electrons. The minimum atomic E-state index is -0.782. The normalized spacial score (nSPS) is 19.5. The molecule has 0 fully saturated rings. The van der Waals surface area contributed by atoms with Crippen LogP contribution < -0.4 is 10.1 Å². The van der Waals surface area contributed by atoms with Gasteiger partial charge in [-0.05, 0) is 69.7 Å². The van der Waals surface area contributed by atoms with Crippen molar-refractivity contribution in [1.82, 2.24) is 0 Å². The third kappa shape index (κ3) is 4.87. The molecule has 2 aromatic carbocycles. The molecule has 1 aliphatic heterocycles. The van der Waals surface area contributed by atoms with Crippen molar-refractivity contribution in [3.63, 3.8) is 0 Å². The number of ether oxygens (including phenoxy) is 3. The largest absolute Gasteiger partial charge is 0.508 e. The standard InChI is InChI=1S/C24H31NO5/c1-5-7-14-28-21-19-15-17(25-6-2)10-13-20(19)30-24(3,4)22(21)29-23(27)16-8-11-18(26)12-9-16/h8-13,15,21-22,25-26H,5-7,14H2,1-4H3. The number of hydrogen-bond acceptors (Lipinski definition) is 6. The van der Waals surface area contributed by atoms with E-state index in [1.807, 2.05) is 39.0 Å². The van der Waals surface area contributed by atoms with Gasteiger partial charge in [-0.1, -0.05) is 13.3 Å². The van der Waals surface area contributed by atoms with Gasteiger partial charge in [0.1, 0.15) is 23.2 Å². The van der Waals surface area contributed by atoms with Crippen LogP contribution >= 0.6 is 0 Å². The molecule has 1 heterocycles. The van der Waals surface area contributed by atoms with E-state index in [1.54, 1.807) is 12.1 Å². The predicted molar refractivity (Wildman–Crippen MR) is 116 cm³/mol. The number of phenolic OH excluding ortho intramolecular Hbond substituents is 1. The average molecular weight is 414 g/mol. The first-order valence-corrected chi connectivity index (χ1v) is 10.5. The molecule has 2 atom stereocenters. The summed E-state index contributed by atoms with van der Waals surface area (Å²) in [5.74, 6) is 0.352. The van der Waals surface area contributed by atoms with Gasteiger partial charge in [0, 0.05) is 24.4 Å². The summed E-state index contributed by atoms with van der Waals surface area (Å²) in [6.07, 6.45) is 0.836. The Kier molecular flexibility index (Phi) is 6.87. The van der Waals surface area contributed by atoms with E-state index in [2.05, 4.69) is 12.2 Å². The van der Waals surface area contributed by atoms with E-state index in [4.69, 9.17) is 14.2 Å². The fourth-order valence-corrected chi connectivity index (χ4v) is 3.56. The van der Waals surface area contributed by atoms with Gasteiger partial charge in [0.15, 0.2) is 6.10 Å². The third-order valence-electron chi connectivity index (χ3n) is 5.16. The molecule has 2 N–H and O–H groups in total. The first-order chi connectivity index (χ1) is 14.4. The molecule has 162 valence electrons. The van der Waals surface area contributed by atoms with E-state index >= 15 is 0 Å². The van der Waals surface area contributed by atoms with Crippen LogP contribution in [-0.4, -0.2) is 35.9 Å². The first-order valence-electron chi connectivity index (χ1n) is 10.5. The lowest BCUT2D eigenvalue weighted by Gasteiger charge is -2.43. The highest BCUT2D eigenvalue weighted by Crippen LogP contribution is 2.44. The van der Waals surface area contributed by atoms with Gasteiger partial charge < -0.3 is 24.6 Å². The molecular weight excluding hydrogens is 382 g/mol. The smallest absolute Gasteiger partial charge is 0.338 e. The summed E-state index contributed by atoms with van der Waals surface area (Å²) in [6, 6.07) is 11.9. The number of hydrogen-bond donors (Lipinski definition) is 2. The third-order valence-corrected chi connectivity index (χ3v) is 5.16. The Morgan fingerprint density at radius 2 is 1.90 bits per heavy atom. The van der Waals surface area contributed by atoms with Crippen molar-refractivity contribution in [2.24, 2.45) is 0 Å². The van der Waals surface area contributed by atoms with Gasteiger partial charge in [0.25, 0.3) is 0 Å². The highest BCUT2D eigenvalue weighted by Gasteiger charge is 2.47. The number of carbonyl (C=O) groups is 1. The molecule has 0 saturated heterocycles. The number of rotatable bonds is 8. The molecule has 0 aromatic heterocycles. The monoisotopic (exact) mass is 413 g/mol. The van der Waals surface area contributed by atoms with Gasteiger partial charge in [0.05, 0.1) is 5.56 Å². The fraction of sp³-hybridized carbons (Fsp3) is 0.458. The molecule has 2 unspecified atom stereocenters. The minimum Gasteiger partial charge on any atom is -0.508 e. The summed E-state index contributed by atoms with van der Waals surface area (Å²) in [7, 11) is 0. The van der Waals surface area contributed by atoms with Crippen molar-refractivity contribution in [2.45, 2.75) is 58.3 Å². The van der Waals surface area contributed by atoms with E-state index in [9.17, 15) is 9.90 Å². The summed E-state index contributed by atoms with van der Waals surface area (Å²) in [5.41, 5.74) is 1.42. The van der Waals surface area contributed by atoms with Crippen LogP contribution in [0.4, 0.5) is 5.69 Å². The Labute approximate surface area is 178 Å². The Bertz CT molecular complexity index is 862. The number of esters is 1. The van der Waals surface area contributed by atoms with E-state index < -0.39 is 23.8 Å². The number of anilines is 1. The number of fused-ring (bicyclic) bond motifs is 1. The molecule has 0 bridgehead atoms. The number of unbranched alkanes of at least 4 members (excludes halogenated alkanes) is 1. The zero-order chi connectivity index (χ0) is 21.7. The Morgan fingerprint density at radius 1 is 1.17 bits per heavy atom. The van der Waals surface area contributed by atoms with Gasteiger partial charge in [-0.2, -0.15) is 0 Å². The van der Waals surface area contributed by atoms with Crippen molar-refractivity contribution >= 4 is 11.7 Å². The van der Waals surface area contributed by atoms with E-state index in [0.717, 1.165) is 36.4 Å². The van der Waals surface area contributed by atoms with Gasteiger partial charge in [-0.15, -0.1) is 0 Å². The van der Waals surface area contributed by atoms with Gasteiger partial charge in [0.2, 0.25) is 0 Å². The number of benzene rings is 2. The zero-order valence-corrected chi connectivity index (χ0v) is 18.1. The number of phenols is 1. The quantitative estimate of drug-likeness (QED) is 0.464. The Balaban J connectivity index is 1.94. The molecular formula is C24H31NO5. The van der Waals surface area contributed by atoms with E-state index in [-0.39, 0.29) is 5.75 Å². The molecule has 0 saturated carbocycles. The predicted octanol–water partition coefficient (Wildman–Crippen LogP) is 5.08. The highest BCUT2D eigenvalue weighted by molar-refractivity contribution is 5.89. The van der Waals surface area contributed by atoms with E-state index in [0.29, 0.717) is 12.2 Å². The van der Waals surface area contributed by atoms with Crippen molar-refractivity contribution in [3.8, 4) is 11.5 Å². The minimum absolute atomic E-state index is 0.0959. The molecule has 0 amide bonds. The van der Waals surface area contributed by atoms with Gasteiger partial charge >= 0.3 is 5.97 Å². The summed E-state index contributed by atoms with van der Waals surface area (Å²) < 4.78 is 18.4. The maximum atomic E-state index is 12.8. The number of nitrogens with one attached hydrogen (secondary N) is 1. The lowest BCUT2D eigenvalue weighted by Crippen LogP contribution is -2.51. The van der Waals surface area contributed by atoms with Gasteiger partial charge in [-0.25, -0.2) is 4.79 Å². The lowest BCUT2D eigenvalue weighted by molar-refractivity contribution is -0.140. The van der Waals surface area contributed by atoms with Crippen LogP contribution in [0.15, 0.2) is 42.5 Å². The second-order valence-electron chi connectivity index (χ2n) is 8.01. The van der Waals surface area contributed by atoms with Crippen LogP contribution in [0.3, 0.4) is 0 Å². The fourth-order valence-electron chi connectivity index (χ4n) is 3.56. The van der Waals surface area contributed by atoms with Crippen molar-refractivity contribution in [3.05, 3.63) is 53.6 Å². The van der Waals surface area contributed by atoms with E-state index in [1.165, 1.54) is 12.1 Å². The summed E-state index contributed by atoms with van der Waals surface area (Å²) in [6.45, 7) is 9.31. The van der Waals surface area contributed by atoms with Crippen LogP contribution in [0.5, 0.6) is 11.5 Å². The lowest BCUT2D eigenvalue weighted by atomic mass is 9.87. The molecule has 3 rings (SSSR count). The van der Waals surface area contributed by atoms with Crippen molar-refractivity contribution in [1.29, 1.82) is 0 Å². The molecule has 30 heavy (non-hydrogen) atoms. The average Bonchev–Trinajstić information content (AvgIpc) is 2.71. The maximum Gasteiger partial charge on any atom is 0.338 e. The second-order valence-corrected chi connectivity index (χ2v) is 8.01. The van der Waals surface area contributed by atoms with Crippen molar-refractivity contribution in [2.75, 3.05) is 18.5 Å². The molecule has 2 aromatic rings. The molecule has 6 nitrogen and oxygen atoms in total. The Hall–Kier alpha value is -2.73. The first kappa shape index (κ1) is 22.0. The van der Waals surface area contributed by atoms with Crippen LogP contribution in [0, 0.1) is 0 Å². The van der Waals surface area contributed by atoms with Gasteiger partial charge in [-0.3, -0.25) is 0 Å². The summed E-state index contributed by atoms with van der Waals surface area (Å²) in [5, 5.41) is 12.8. The van der Waals surface area contributed by atoms with Crippen molar-refractivity contribution < 1.29 is 24.1 Å². The van der Waals surface area contributed by atoms with Crippen LogP contribution in [0.2, 0.25) is 0 Å². The topological polar surface area (TPSA) is 77.0 Å². The maximum absolute atomic E-state index is 12.8. The SMILES string of the molecule is CCCCOC1c2cc(NCC)ccc2OC(C)(C)C1OC(=O)c1ccc(O)cc1. The molecule has 6 heteroatoms. The number of aromatic hydroxyl groups is 1. The molecule has 1 aliphatic rings. The highest BCUT2D eigenvalue weighted by atomic mass is 16.6. The van der Waals surface area contributed by atoms with Crippen LogP contribution in [0.1, 0.15) is 62.6 Å². The van der Waals surface area contributed by atoms with Crippen LogP contribution in [-0.2, 0) is 9.47 Å². The Morgan fingerprint density at radius 3 is 2.57 bits per heavy atom. The molecule has 0 spiro atoms.